The Kier molecular flexibility index (Phi) is 5.00. The van der Waals surface area contributed by atoms with Crippen LogP contribution in [-0.2, 0) is 13.8 Å². The van der Waals surface area contributed by atoms with Gasteiger partial charge in [-0.15, -0.1) is 0 Å². The lowest BCUT2D eigenvalue weighted by Gasteiger charge is -2.24. The molecule has 0 N–H and O–H groups in total. The van der Waals surface area contributed by atoms with Crippen molar-refractivity contribution < 1.29 is 17.9 Å². The quantitative estimate of drug-likeness (QED) is 0.741. The Labute approximate surface area is 129 Å². The molecule has 0 aromatic heterocycles. The molecule has 19 heavy (non-hydrogen) atoms. The number of halogens is 3. The Bertz CT molecular complexity index is 570. The van der Waals surface area contributed by atoms with Gasteiger partial charge in [0.05, 0.1) is 11.6 Å². The molecular formula is C11H11BrCl2O4S. The molecule has 1 aromatic rings. The molecule has 0 saturated carbocycles. The Morgan fingerprint density at radius 3 is 2.74 bits per heavy atom. The minimum atomic E-state index is -3.94. The molecule has 1 fully saturated rings. The molecule has 1 saturated heterocycles. The van der Waals surface area contributed by atoms with E-state index in [-0.39, 0.29) is 21.8 Å². The molecule has 106 valence electrons. The summed E-state index contributed by atoms with van der Waals surface area (Å²) in [6.07, 6.45) is 1.43. The summed E-state index contributed by atoms with van der Waals surface area (Å²) in [7, 11) is 1.47. The average molecular weight is 390 g/mol. The van der Waals surface area contributed by atoms with Crippen LogP contribution >= 0.6 is 38.2 Å². The van der Waals surface area contributed by atoms with E-state index in [9.17, 15) is 8.42 Å². The van der Waals surface area contributed by atoms with E-state index in [4.69, 9.17) is 31.8 Å². The normalized spacial score (nSPS) is 20.3. The predicted molar refractivity (Wildman–Crippen MR) is 76.7 cm³/mol. The van der Waals surface area contributed by atoms with Gasteiger partial charge in [0.2, 0.25) is 0 Å². The van der Waals surface area contributed by atoms with Crippen LogP contribution in [0.25, 0.3) is 0 Å². The average Bonchev–Trinajstić information content (AvgIpc) is 2.32. The van der Waals surface area contributed by atoms with Crippen molar-refractivity contribution in [1.82, 2.24) is 0 Å². The summed E-state index contributed by atoms with van der Waals surface area (Å²) >= 11 is 9.22. The van der Waals surface area contributed by atoms with E-state index in [2.05, 4.69) is 15.9 Å². The maximum Gasteiger partial charge on any atom is 0.265 e. The lowest BCUT2D eigenvalue weighted by Crippen LogP contribution is -2.28. The third-order valence-corrected chi connectivity index (χ3v) is 4.71. The van der Waals surface area contributed by atoms with E-state index >= 15 is 0 Å². The third-order valence-electron chi connectivity index (χ3n) is 2.64. The number of rotatable bonds is 3. The highest BCUT2D eigenvalue weighted by molar-refractivity contribution is 9.10. The standard InChI is InChI=1S/C11H11BrCl2O4S/c12-7-4-9(13)11(10(5-7)19(14,15)16)18-8-2-1-3-17-6-8/h4-5,8H,1-3,6H2. The third kappa shape index (κ3) is 3.98. The zero-order chi connectivity index (χ0) is 14.0. The van der Waals surface area contributed by atoms with Crippen LogP contribution in [-0.4, -0.2) is 27.7 Å². The van der Waals surface area contributed by atoms with Crippen LogP contribution < -0.4 is 4.74 Å². The lowest BCUT2D eigenvalue weighted by atomic mass is 10.2. The summed E-state index contributed by atoms with van der Waals surface area (Å²) in [5.41, 5.74) is 0. The highest BCUT2D eigenvalue weighted by Gasteiger charge is 2.24. The van der Waals surface area contributed by atoms with Gasteiger partial charge in [-0.3, -0.25) is 0 Å². The van der Waals surface area contributed by atoms with Gasteiger partial charge in [0, 0.05) is 21.8 Å². The topological polar surface area (TPSA) is 52.6 Å². The summed E-state index contributed by atoms with van der Waals surface area (Å²) in [6, 6.07) is 2.93. The van der Waals surface area contributed by atoms with Crippen LogP contribution in [0.2, 0.25) is 5.02 Å². The van der Waals surface area contributed by atoms with E-state index in [1.807, 2.05) is 0 Å². The summed E-state index contributed by atoms with van der Waals surface area (Å²) in [6.45, 7) is 1.10. The largest absolute Gasteiger partial charge is 0.485 e. The van der Waals surface area contributed by atoms with Crippen molar-refractivity contribution in [3.8, 4) is 5.75 Å². The van der Waals surface area contributed by atoms with Crippen molar-refractivity contribution in [3.63, 3.8) is 0 Å². The number of hydrogen-bond donors (Lipinski definition) is 0. The first-order valence-corrected chi connectivity index (χ1v) is 9.04. The molecule has 4 nitrogen and oxygen atoms in total. The first-order chi connectivity index (χ1) is 8.88. The number of benzene rings is 1. The predicted octanol–water partition coefficient (Wildman–Crippen LogP) is 3.59. The van der Waals surface area contributed by atoms with Crippen molar-refractivity contribution in [1.29, 1.82) is 0 Å². The fourth-order valence-electron chi connectivity index (χ4n) is 1.80. The van der Waals surface area contributed by atoms with Crippen molar-refractivity contribution in [2.75, 3.05) is 13.2 Å². The van der Waals surface area contributed by atoms with E-state index in [0.717, 1.165) is 12.8 Å². The molecule has 8 heteroatoms. The molecule has 1 unspecified atom stereocenters. The van der Waals surface area contributed by atoms with Gasteiger partial charge in [0.1, 0.15) is 11.0 Å². The second kappa shape index (κ2) is 6.18. The van der Waals surface area contributed by atoms with E-state index in [0.29, 0.717) is 17.7 Å². The SMILES string of the molecule is O=S(=O)(Cl)c1cc(Br)cc(Cl)c1OC1CCCOC1. The van der Waals surface area contributed by atoms with Crippen LogP contribution in [0, 0.1) is 0 Å². The molecule has 1 atom stereocenters. The summed E-state index contributed by atoms with van der Waals surface area (Å²) in [5.74, 6) is 0.0790. The van der Waals surface area contributed by atoms with Gasteiger partial charge in [-0.05, 0) is 25.0 Å². The molecule has 1 aliphatic heterocycles. The van der Waals surface area contributed by atoms with Gasteiger partial charge in [0.25, 0.3) is 9.05 Å². The first-order valence-electron chi connectivity index (χ1n) is 5.56. The van der Waals surface area contributed by atoms with Gasteiger partial charge in [0.15, 0.2) is 5.75 Å². The minimum absolute atomic E-state index is 0.0790. The van der Waals surface area contributed by atoms with Crippen LogP contribution in [0.4, 0.5) is 0 Å². The van der Waals surface area contributed by atoms with E-state index < -0.39 is 9.05 Å². The van der Waals surface area contributed by atoms with Gasteiger partial charge in [-0.2, -0.15) is 0 Å². The van der Waals surface area contributed by atoms with Gasteiger partial charge >= 0.3 is 0 Å². The summed E-state index contributed by atoms with van der Waals surface area (Å²) < 4.78 is 34.6. The van der Waals surface area contributed by atoms with Crippen LogP contribution in [0.3, 0.4) is 0 Å². The van der Waals surface area contributed by atoms with Gasteiger partial charge in [-0.1, -0.05) is 27.5 Å². The second-order valence-electron chi connectivity index (χ2n) is 4.11. The zero-order valence-corrected chi connectivity index (χ0v) is 13.6. The van der Waals surface area contributed by atoms with Crippen LogP contribution in [0.1, 0.15) is 12.8 Å². The molecule has 0 amide bonds. The molecule has 0 aliphatic carbocycles. The maximum atomic E-state index is 11.6. The minimum Gasteiger partial charge on any atom is -0.485 e. The fraction of sp³-hybridized carbons (Fsp3) is 0.455. The summed E-state index contributed by atoms with van der Waals surface area (Å²) in [4.78, 5) is -0.140. The molecule has 2 rings (SSSR count). The second-order valence-corrected chi connectivity index (χ2v) is 7.97. The van der Waals surface area contributed by atoms with Crippen molar-refractivity contribution >= 4 is 47.3 Å². The molecule has 0 bridgehead atoms. The Hall–Kier alpha value is -0.0100. The Morgan fingerprint density at radius 1 is 1.42 bits per heavy atom. The lowest BCUT2D eigenvalue weighted by molar-refractivity contribution is 0.00626. The van der Waals surface area contributed by atoms with Crippen LogP contribution in [0.5, 0.6) is 5.75 Å². The van der Waals surface area contributed by atoms with Gasteiger partial charge < -0.3 is 9.47 Å². The van der Waals surface area contributed by atoms with Gasteiger partial charge in [-0.25, -0.2) is 8.42 Å². The highest BCUT2D eigenvalue weighted by atomic mass is 79.9. The van der Waals surface area contributed by atoms with E-state index in [1.54, 1.807) is 6.07 Å². The fourth-order valence-corrected chi connectivity index (χ4v) is 3.86. The first kappa shape index (κ1) is 15.4. The number of hydrogen-bond acceptors (Lipinski definition) is 4. The van der Waals surface area contributed by atoms with E-state index in [1.165, 1.54) is 6.07 Å². The molecular weight excluding hydrogens is 379 g/mol. The Morgan fingerprint density at radius 2 is 2.16 bits per heavy atom. The van der Waals surface area contributed by atoms with Crippen LogP contribution in [0.15, 0.2) is 21.5 Å². The summed E-state index contributed by atoms with van der Waals surface area (Å²) in [5, 5.41) is 0.194. The monoisotopic (exact) mass is 388 g/mol. The van der Waals surface area contributed by atoms with Crippen molar-refractivity contribution in [2.24, 2.45) is 0 Å². The Balaban J connectivity index is 2.37. The van der Waals surface area contributed by atoms with Crippen molar-refractivity contribution in [3.05, 3.63) is 21.6 Å². The number of ether oxygens (including phenoxy) is 2. The molecule has 0 radical (unpaired) electrons. The smallest absolute Gasteiger partial charge is 0.265 e. The maximum absolute atomic E-state index is 11.6. The van der Waals surface area contributed by atoms with Crippen molar-refractivity contribution in [2.45, 2.75) is 23.8 Å². The molecule has 0 spiro atoms. The molecule has 1 aromatic carbocycles. The molecule has 1 aliphatic rings. The molecule has 1 heterocycles. The zero-order valence-electron chi connectivity index (χ0n) is 9.74. The highest BCUT2D eigenvalue weighted by Crippen LogP contribution is 2.38.